The van der Waals surface area contributed by atoms with Crippen molar-refractivity contribution in [3.05, 3.63) is 70.9 Å². The molecular weight excluding hydrogens is 346 g/mol. The molecule has 0 radical (unpaired) electrons. The Bertz CT molecular complexity index is 917. The summed E-state index contributed by atoms with van der Waals surface area (Å²) >= 11 is 5.94. The van der Waals surface area contributed by atoms with Crippen LogP contribution in [0.2, 0.25) is 5.02 Å². The minimum absolute atomic E-state index is 0.0482. The molecule has 128 valence electrons. The van der Waals surface area contributed by atoms with Gasteiger partial charge in [-0.2, -0.15) is 0 Å². The van der Waals surface area contributed by atoms with Gasteiger partial charge in [0, 0.05) is 24.3 Å². The van der Waals surface area contributed by atoms with Crippen molar-refractivity contribution in [2.24, 2.45) is 0 Å². The van der Waals surface area contributed by atoms with E-state index >= 15 is 0 Å². The van der Waals surface area contributed by atoms with E-state index in [4.69, 9.17) is 16.3 Å². The van der Waals surface area contributed by atoms with E-state index in [1.54, 1.807) is 6.07 Å². The first-order chi connectivity index (χ1) is 12.1. The molecule has 0 aliphatic carbocycles. The lowest BCUT2D eigenvalue weighted by molar-refractivity contribution is 0.0399. The van der Waals surface area contributed by atoms with Gasteiger partial charge in [-0.3, -0.25) is 4.98 Å². The van der Waals surface area contributed by atoms with Crippen LogP contribution in [0.3, 0.4) is 0 Å². The molecule has 0 amide bonds. The lowest BCUT2D eigenvalue weighted by atomic mass is 10.1. The molecule has 1 fully saturated rings. The standard InChI is InChI=1S/C19H15ClF2N2O/c20-13-3-1-12(2-4-13)17-11-24(9-10-25-17)16-7-8-23-19-15(22)6-5-14(21)18(16)19/h1-8,17H,9-11H2. The average Bonchev–Trinajstić information content (AvgIpc) is 2.65. The molecule has 0 spiro atoms. The van der Waals surface area contributed by atoms with E-state index in [2.05, 4.69) is 4.98 Å². The molecule has 1 atom stereocenters. The number of fused-ring (bicyclic) bond motifs is 1. The van der Waals surface area contributed by atoms with Crippen LogP contribution in [0.5, 0.6) is 0 Å². The van der Waals surface area contributed by atoms with Crippen LogP contribution in [0.25, 0.3) is 10.9 Å². The molecule has 6 heteroatoms. The minimum Gasteiger partial charge on any atom is -0.370 e. The molecule has 1 aliphatic rings. The maximum Gasteiger partial charge on any atom is 0.149 e. The van der Waals surface area contributed by atoms with E-state index in [-0.39, 0.29) is 17.0 Å². The zero-order valence-electron chi connectivity index (χ0n) is 13.3. The molecule has 2 heterocycles. The van der Waals surface area contributed by atoms with Crippen molar-refractivity contribution >= 4 is 28.2 Å². The molecule has 0 bridgehead atoms. The Morgan fingerprint density at radius 2 is 1.80 bits per heavy atom. The van der Waals surface area contributed by atoms with Crippen molar-refractivity contribution in [2.45, 2.75) is 6.10 Å². The van der Waals surface area contributed by atoms with Crippen molar-refractivity contribution in [3.8, 4) is 0 Å². The second kappa shape index (κ2) is 6.58. The molecule has 4 rings (SSSR count). The lowest BCUT2D eigenvalue weighted by Gasteiger charge is -2.35. The third-order valence-corrected chi connectivity index (χ3v) is 4.67. The number of benzene rings is 2. The molecule has 3 nitrogen and oxygen atoms in total. The summed E-state index contributed by atoms with van der Waals surface area (Å²) < 4.78 is 34.2. The van der Waals surface area contributed by atoms with Gasteiger partial charge in [0.15, 0.2) is 0 Å². The third kappa shape index (κ3) is 3.05. The SMILES string of the molecule is Fc1ccc(F)c2c(N3CCOC(c4ccc(Cl)cc4)C3)ccnc12. The van der Waals surface area contributed by atoms with E-state index in [0.29, 0.717) is 30.4 Å². The number of morpholine rings is 1. The van der Waals surface area contributed by atoms with Crippen LogP contribution in [-0.4, -0.2) is 24.7 Å². The highest BCUT2D eigenvalue weighted by Gasteiger charge is 2.25. The number of hydrogen-bond acceptors (Lipinski definition) is 3. The van der Waals surface area contributed by atoms with Crippen molar-refractivity contribution in [1.29, 1.82) is 0 Å². The number of halogens is 3. The van der Waals surface area contributed by atoms with Gasteiger partial charge in [-0.15, -0.1) is 0 Å². The summed E-state index contributed by atoms with van der Waals surface area (Å²) in [7, 11) is 0. The topological polar surface area (TPSA) is 25.4 Å². The van der Waals surface area contributed by atoms with Crippen molar-refractivity contribution in [1.82, 2.24) is 4.98 Å². The van der Waals surface area contributed by atoms with Gasteiger partial charge >= 0.3 is 0 Å². The summed E-state index contributed by atoms with van der Waals surface area (Å²) in [6, 6.07) is 11.4. The van der Waals surface area contributed by atoms with Crippen molar-refractivity contribution < 1.29 is 13.5 Å². The summed E-state index contributed by atoms with van der Waals surface area (Å²) in [6.45, 7) is 1.63. The van der Waals surface area contributed by atoms with Crippen LogP contribution in [0.15, 0.2) is 48.7 Å². The van der Waals surface area contributed by atoms with Crippen LogP contribution in [-0.2, 0) is 4.74 Å². The first kappa shape index (κ1) is 16.2. The minimum atomic E-state index is -0.527. The molecule has 2 aromatic carbocycles. The summed E-state index contributed by atoms with van der Waals surface area (Å²) in [5.74, 6) is -1.00. The van der Waals surface area contributed by atoms with Gasteiger partial charge in [0.1, 0.15) is 23.3 Å². The Balaban J connectivity index is 1.71. The number of aromatic nitrogens is 1. The predicted octanol–water partition coefficient (Wildman–Crippen LogP) is 4.74. The predicted molar refractivity (Wildman–Crippen MR) is 94.0 cm³/mol. The lowest BCUT2D eigenvalue weighted by Crippen LogP contribution is -2.38. The molecule has 25 heavy (non-hydrogen) atoms. The highest BCUT2D eigenvalue weighted by molar-refractivity contribution is 6.30. The van der Waals surface area contributed by atoms with Gasteiger partial charge in [-0.25, -0.2) is 8.78 Å². The number of nitrogens with zero attached hydrogens (tertiary/aromatic N) is 2. The average molecular weight is 361 g/mol. The second-order valence-corrected chi connectivity index (χ2v) is 6.38. The van der Waals surface area contributed by atoms with Crippen molar-refractivity contribution in [2.75, 3.05) is 24.6 Å². The fourth-order valence-corrected chi connectivity index (χ4v) is 3.31. The number of anilines is 1. The summed E-state index contributed by atoms with van der Waals surface area (Å²) in [6.07, 6.45) is 1.35. The maximum atomic E-state index is 14.4. The van der Waals surface area contributed by atoms with Gasteiger partial charge in [0.2, 0.25) is 0 Å². The van der Waals surface area contributed by atoms with Gasteiger partial charge in [-0.05, 0) is 35.9 Å². The first-order valence-corrected chi connectivity index (χ1v) is 8.36. The van der Waals surface area contributed by atoms with Gasteiger partial charge < -0.3 is 9.64 Å². The molecular formula is C19H15ClF2N2O. The van der Waals surface area contributed by atoms with Crippen LogP contribution < -0.4 is 4.90 Å². The zero-order valence-corrected chi connectivity index (χ0v) is 14.0. The van der Waals surface area contributed by atoms with E-state index in [0.717, 1.165) is 17.7 Å². The summed E-state index contributed by atoms with van der Waals surface area (Å²) in [5, 5.41) is 0.869. The quantitative estimate of drug-likeness (QED) is 0.659. The highest BCUT2D eigenvalue weighted by atomic mass is 35.5. The molecule has 3 aromatic rings. The van der Waals surface area contributed by atoms with Crippen molar-refractivity contribution in [3.63, 3.8) is 0 Å². The monoisotopic (exact) mass is 360 g/mol. The fraction of sp³-hybridized carbons (Fsp3) is 0.211. The van der Waals surface area contributed by atoms with Gasteiger partial charge in [0.05, 0.1) is 17.7 Å². The van der Waals surface area contributed by atoms with E-state index in [9.17, 15) is 8.78 Å². The largest absolute Gasteiger partial charge is 0.370 e. The Kier molecular flexibility index (Phi) is 4.27. The van der Waals surface area contributed by atoms with Crippen LogP contribution in [0, 0.1) is 11.6 Å². The first-order valence-electron chi connectivity index (χ1n) is 7.98. The Morgan fingerprint density at radius 3 is 2.60 bits per heavy atom. The molecule has 0 N–H and O–H groups in total. The Morgan fingerprint density at radius 1 is 1.04 bits per heavy atom. The van der Waals surface area contributed by atoms with E-state index < -0.39 is 11.6 Å². The zero-order chi connectivity index (χ0) is 17.4. The Hall–Kier alpha value is -2.24. The molecule has 1 aromatic heterocycles. The summed E-state index contributed by atoms with van der Waals surface area (Å²) in [5.41, 5.74) is 1.68. The fourth-order valence-electron chi connectivity index (χ4n) is 3.19. The molecule has 1 aliphatic heterocycles. The third-order valence-electron chi connectivity index (χ3n) is 4.42. The second-order valence-electron chi connectivity index (χ2n) is 5.94. The highest BCUT2D eigenvalue weighted by Crippen LogP contribution is 2.33. The number of pyridine rings is 1. The van der Waals surface area contributed by atoms with Crippen LogP contribution in [0.4, 0.5) is 14.5 Å². The normalized spacial score (nSPS) is 17.9. The van der Waals surface area contributed by atoms with Crippen LogP contribution in [0.1, 0.15) is 11.7 Å². The van der Waals surface area contributed by atoms with Crippen LogP contribution >= 0.6 is 11.6 Å². The molecule has 0 saturated carbocycles. The van der Waals surface area contributed by atoms with E-state index in [1.165, 1.54) is 6.20 Å². The van der Waals surface area contributed by atoms with Gasteiger partial charge in [-0.1, -0.05) is 23.7 Å². The number of hydrogen-bond donors (Lipinski definition) is 0. The maximum absolute atomic E-state index is 14.4. The smallest absolute Gasteiger partial charge is 0.149 e. The molecule has 1 saturated heterocycles. The number of ether oxygens (including phenoxy) is 1. The Labute approximate surface area is 148 Å². The summed E-state index contributed by atoms with van der Waals surface area (Å²) in [4.78, 5) is 6.01. The van der Waals surface area contributed by atoms with Gasteiger partial charge in [0.25, 0.3) is 0 Å². The molecule has 1 unspecified atom stereocenters. The van der Waals surface area contributed by atoms with E-state index in [1.807, 2.05) is 29.2 Å². The number of rotatable bonds is 2.